The molecule has 2 N–H and O–H groups in total. The van der Waals surface area contributed by atoms with Crippen LogP contribution in [0.5, 0.6) is 5.75 Å². The van der Waals surface area contributed by atoms with E-state index >= 15 is 0 Å². The molecule has 8 heteroatoms. The molecule has 0 atom stereocenters. The summed E-state index contributed by atoms with van der Waals surface area (Å²) in [5.41, 5.74) is 0.180. The van der Waals surface area contributed by atoms with Gasteiger partial charge in [-0.05, 0) is 31.3 Å². The molecule has 1 aromatic heterocycles. The van der Waals surface area contributed by atoms with Crippen LogP contribution in [-0.2, 0) is 16.6 Å². The first kappa shape index (κ1) is 15.3. The van der Waals surface area contributed by atoms with Crippen LogP contribution in [0, 0.1) is 5.82 Å². The predicted molar refractivity (Wildman–Crippen MR) is 75.2 cm³/mol. The highest BCUT2D eigenvalue weighted by Gasteiger charge is 2.19. The number of hydrogen-bond donors (Lipinski definition) is 2. The number of ether oxygens (including phenoxy) is 1. The van der Waals surface area contributed by atoms with Crippen molar-refractivity contribution in [3.63, 3.8) is 0 Å². The lowest BCUT2D eigenvalue weighted by atomic mass is 10.3. The number of anilines is 1. The molecular weight excluding hydrogens is 299 g/mol. The highest BCUT2D eigenvalue weighted by atomic mass is 32.2. The highest BCUT2D eigenvalue weighted by Crippen LogP contribution is 2.24. The van der Waals surface area contributed by atoms with Crippen molar-refractivity contribution in [1.82, 2.24) is 5.32 Å². The summed E-state index contributed by atoms with van der Waals surface area (Å²) in [6.45, 7) is 0.417. The molecule has 0 fully saturated rings. The molecule has 0 aliphatic carbocycles. The van der Waals surface area contributed by atoms with E-state index in [1.165, 1.54) is 25.3 Å². The van der Waals surface area contributed by atoms with Crippen LogP contribution in [0.3, 0.4) is 0 Å². The fraction of sp³-hybridized carbons (Fsp3) is 0.231. The molecule has 6 nitrogen and oxygen atoms in total. The Bertz CT molecular complexity index is 728. The van der Waals surface area contributed by atoms with Gasteiger partial charge in [-0.3, -0.25) is 4.72 Å². The van der Waals surface area contributed by atoms with E-state index in [1.807, 2.05) is 0 Å². The second-order valence-corrected chi connectivity index (χ2v) is 5.82. The Kier molecular flexibility index (Phi) is 4.49. The maximum absolute atomic E-state index is 13.3. The zero-order chi connectivity index (χ0) is 15.5. The SMILES string of the molecule is CNCc1ccc(S(=O)(=O)Nc2ccc(F)c(OC)c2)o1. The molecular formula is C13H15FN2O4S. The molecule has 0 bridgehead atoms. The Labute approximate surface area is 122 Å². The fourth-order valence-electron chi connectivity index (χ4n) is 1.70. The number of hydrogen-bond acceptors (Lipinski definition) is 5. The first-order valence-electron chi connectivity index (χ1n) is 6.06. The third-order valence-corrected chi connectivity index (χ3v) is 3.91. The largest absolute Gasteiger partial charge is 0.494 e. The van der Waals surface area contributed by atoms with Crippen molar-refractivity contribution in [3.8, 4) is 5.75 Å². The molecule has 2 aromatic rings. The van der Waals surface area contributed by atoms with Gasteiger partial charge < -0.3 is 14.5 Å². The Morgan fingerprint density at radius 1 is 1.29 bits per heavy atom. The smallest absolute Gasteiger partial charge is 0.295 e. The van der Waals surface area contributed by atoms with E-state index in [9.17, 15) is 12.8 Å². The molecule has 0 saturated heterocycles. The van der Waals surface area contributed by atoms with E-state index in [2.05, 4.69) is 10.0 Å². The monoisotopic (exact) mass is 314 g/mol. The summed E-state index contributed by atoms with van der Waals surface area (Å²) < 4.78 is 49.9. The van der Waals surface area contributed by atoms with E-state index in [1.54, 1.807) is 13.1 Å². The maximum Gasteiger partial charge on any atom is 0.295 e. The average molecular weight is 314 g/mol. The minimum atomic E-state index is -3.87. The van der Waals surface area contributed by atoms with Crippen LogP contribution in [0.15, 0.2) is 39.8 Å². The summed E-state index contributed by atoms with van der Waals surface area (Å²) in [4.78, 5) is 0. The summed E-state index contributed by atoms with van der Waals surface area (Å²) >= 11 is 0. The van der Waals surface area contributed by atoms with Crippen molar-refractivity contribution >= 4 is 15.7 Å². The number of nitrogens with one attached hydrogen (secondary N) is 2. The standard InChI is InChI=1S/C13H15FN2O4S/c1-15-8-10-4-6-13(20-10)21(17,18)16-9-3-5-11(14)12(7-9)19-2/h3-7,15-16H,8H2,1-2H3. The van der Waals surface area contributed by atoms with Gasteiger partial charge in [0.25, 0.3) is 10.0 Å². The van der Waals surface area contributed by atoms with Crippen molar-refractivity contribution in [2.75, 3.05) is 18.9 Å². The summed E-state index contributed by atoms with van der Waals surface area (Å²) in [6.07, 6.45) is 0. The Hall–Kier alpha value is -2.06. The zero-order valence-electron chi connectivity index (χ0n) is 11.5. The number of methoxy groups -OCH3 is 1. The molecule has 1 aromatic carbocycles. The third-order valence-electron chi connectivity index (χ3n) is 2.66. The van der Waals surface area contributed by atoms with Gasteiger partial charge in [0.2, 0.25) is 5.09 Å². The molecule has 0 spiro atoms. The molecule has 0 aliphatic heterocycles. The lowest BCUT2D eigenvalue weighted by molar-refractivity contribution is 0.387. The van der Waals surface area contributed by atoms with Gasteiger partial charge in [-0.1, -0.05) is 0 Å². The molecule has 0 unspecified atom stereocenters. The lowest BCUT2D eigenvalue weighted by Gasteiger charge is -2.08. The third kappa shape index (κ3) is 3.53. The van der Waals surface area contributed by atoms with Gasteiger partial charge in [0.05, 0.1) is 19.3 Å². The van der Waals surface area contributed by atoms with Crippen molar-refractivity contribution in [2.45, 2.75) is 11.6 Å². The normalized spacial score (nSPS) is 11.4. The second kappa shape index (κ2) is 6.15. The van der Waals surface area contributed by atoms with Gasteiger partial charge in [-0.2, -0.15) is 8.42 Å². The number of furan rings is 1. The minimum Gasteiger partial charge on any atom is -0.494 e. The summed E-state index contributed by atoms with van der Waals surface area (Å²) in [6, 6.07) is 6.59. The van der Waals surface area contributed by atoms with Gasteiger partial charge in [0.15, 0.2) is 11.6 Å². The van der Waals surface area contributed by atoms with Crippen LogP contribution in [0.25, 0.3) is 0 Å². The topological polar surface area (TPSA) is 80.6 Å². The second-order valence-electron chi connectivity index (χ2n) is 4.21. The first-order valence-corrected chi connectivity index (χ1v) is 7.54. The maximum atomic E-state index is 13.3. The van der Waals surface area contributed by atoms with Gasteiger partial charge >= 0.3 is 0 Å². The van der Waals surface area contributed by atoms with Crippen LogP contribution in [-0.4, -0.2) is 22.6 Å². The first-order chi connectivity index (χ1) is 9.96. The van der Waals surface area contributed by atoms with Crippen LogP contribution < -0.4 is 14.8 Å². The Morgan fingerprint density at radius 2 is 2.05 bits per heavy atom. The van der Waals surface area contributed by atoms with E-state index in [-0.39, 0.29) is 16.5 Å². The van der Waals surface area contributed by atoms with Crippen LogP contribution in [0.1, 0.15) is 5.76 Å². The molecule has 2 rings (SSSR count). The van der Waals surface area contributed by atoms with Crippen molar-refractivity contribution in [2.24, 2.45) is 0 Å². The average Bonchev–Trinajstić information content (AvgIpc) is 2.91. The molecule has 0 amide bonds. The van der Waals surface area contributed by atoms with Gasteiger partial charge in [0.1, 0.15) is 5.76 Å². The summed E-state index contributed by atoms with van der Waals surface area (Å²) in [5.74, 6) is -0.130. The molecule has 114 valence electrons. The van der Waals surface area contributed by atoms with Gasteiger partial charge in [-0.15, -0.1) is 0 Å². The zero-order valence-corrected chi connectivity index (χ0v) is 12.3. The quantitative estimate of drug-likeness (QED) is 0.852. The van der Waals surface area contributed by atoms with Crippen molar-refractivity contribution < 1.29 is 22.0 Å². The predicted octanol–water partition coefficient (Wildman–Crippen LogP) is 1.95. The van der Waals surface area contributed by atoms with Gasteiger partial charge in [-0.25, -0.2) is 4.39 Å². The van der Waals surface area contributed by atoms with Crippen LogP contribution >= 0.6 is 0 Å². The van der Waals surface area contributed by atoms with E-state index < -0.39 is 15.8 Å². The number of rotatable bonds is 6. The fourth-order valence-corrected chi connectivity index (χ4v) is 2.70. The molecule has 0 radical (unpaired) electrons. The molecule has 21 heavy (non-hydrogen) atoms. The Balaban J connectivity index is 2.24. The van der Waals surface area contributed by atoms with Crippen molar-refractivity contribution in [1.29, 1.82) is 0 Å². The Morgan fingerprint density at radius 3 is 2.71 bits per heavy atom. The summed E-state index contributed by atoms with van der Waals surface area (Å²) in [7, 11) is -0.850. The van der Waals surface area contributed by atoms with Crippen molar-refractivity contribution in [3.05, 3.63) is 41.9 Å². The lowest BCUT2D eigenvalue weighted by Crippen LogP contribution is -2.12. The number of halogens is 1. The molecule has 0 saturated carbocycles. The summed E-state index contributed by atoms with van der Waals surface area (Å²) in [5, 5.41) is 2.64. The van der Waals surface area contributed by atoms with Crippen LogP contribution in [0.2, 0.25) is 0 Å². The van der Waals surface area contributed by atoms with E-state index in [4.69, 9.17) is 9.15 Å². The highest BCUT2D eigenvalue weighted by molar-refractivity contribution is 7.92. The molecule has 0 aliphatic rings. The molecule has 1 heterocycles. The number of sulfonamides is 1. The minimum absolute atomic E-state index is 0.0504. The van der Waals surface area contributed by atoms with E-state index in [0.717, 1.165) is 6.07 Å². The van der Waals surface area contributed by atoms with E-state index in [0.29, 0.717) is 12.3 Å². The number of benzene rings is 1. The van der Waals surface area contributed by atoms with Gasteiger partial charge in [0, 0.05) is 6.07 Å². The van der Waals surface area contributed by atoms with Crippen LogP contribution in [0.4, 0.5) is 10.1 Å².